The smallest absolute Gasteiger partial charge is 0.315 e. The first kappa shape index (κ1) is 17.8. The van der Waals surface area contributed by atoms with Crippen LogP contribution < -0.4 is 10.6 Å². The number of benzene rings is 1. The van der Waals surface area contributed by atoms with Crippen molar-refractivity contribution in [2.75, 3.05) is 21.2 Å². The van der Waals surface area contributed by atoms with Crippen molar-refractivity contribution in [3.8, 4) is 0 Å². The predicted octanol–water partition coefficient (Wildman–Crippen LogP) is 2.51. The van der Waals surface area contributed by atoms with E-state index >= 15 is 0 Å². The van der Waals surface area contributed by atoms with E-state index in [9.17, 15) is 4.79 Å². The number of carbonyl (C=O) groups excluding carboxylic acids is 1. The zero-order valence-electron chi connectivity index (χ0n) is 14.5. The van der Waals surface area contributed by atoms with Crippen LogP contribution >= 0.6 is 0 Å². The van der Waals surface area contributed by atoms with Crippen LogP contribution in [0.1, 0.15) is 36.8 Å². The van der Waals surface area contributed by atoms with Crippen molar-refractivity contribution in [2.24, 2.45) is 0 Å². The molecule has 2 rings (SSSR count). The average molecular weight is 319 g/mol. The van der Waals surface area contributed by atoms with Crippen LogP contribution in [0, 0.1) is 0 Å². The summed E-state index contributed by atoms with van der Waals surface area (Å²) in [5.74, 6) is 0. The SMILES string of the molecule is CO[C@H]1CCCC[C@@H]1NC(=O)NCc1ccc(CN(C)C)cc1. The van der Waals surface area contributed by atoms with Crippen molar-refractivity contribution >= 4 is 6.03 Å². The maximum absolute atomic E-state index is 12.1. The molecule has 2 amide bonds. The van der Waals surface area contributed by atoms with Crippen molar-refractivity contribution in [1.29, 1.82) is 0 Å². The molecular weight excluding hydrogens is 290 g/mol. The second kappa shape index (κ2) is 8.89. The lowest BCUT2D eigenvalue weighted by Crippen LogP contribution is -2.49. The maximum atomic E-state index is 12.1. The largest absolute Gasteiger partial charge is 0.379 e. The Bertz CT molecular complexity index is 488. The van der Waals surface area contributed by atoms with Gasteiger partial charge in [0.05, 0.1) is 12.1 Å². The summed E-state index contributed by atoms with van der Waals surface area (Å²) in [5, 5.41) is 5.98. The molecule has 0 heterocycles. The van der Waals surface area contributed by atoms with Gasteiger partial charge in [0.1, 0.15) is 0 Å². The van der Waals surface area contributed by atoms with Crippen molar-refractivity contribution in [2.45, 2.75) is 50.9 Å². The van der Waals surface area contributed by atoms with Crippen molar-refractivity contribution in [3.05, 3.63) is 35.4 Å². The van der Waals surface area contributed by atoms with E-state index in [4.69, 9.17) is 4.74 Å². The molecule has 1 saturated carbocycles. The Morgan fingerprint density at radius 2 is 1.83 bits per heavy atom. The van der Waals surface area contributed by atoms with E-state index in [1.54, 1.807) is 7.11 Å². The van der Waals surface area contributed by atoms with Gasteiger partial charge in [-0.1, -0.05) is 37.1 Å². The Hall–Kier alpha value is -1.59. The highest BCUT2D eigenvalue weighted by Crippen LogP contribution is 2.20. The van der Waals surface area contributed by atoms with Crippen LogP contribution in [0.15, 0.2) is 24.3 Å². The van der Waals surface area contributed by atoms with Gasteiger partial charge in [-0.25, -0.2) is 4.79 Å². The van der Waals surface area contributed by atoms with E-state index in [2.05, 4.69) is 53.9 Å². The number of nitrogens with one attached hydrogen (secondary N) is 2. The summed E-state index contributed by atoms with van der Waals surface area (Å²) in [7, 11) is 5.83. The quantitative estimate of drug-likeness (QED) is 0.847. The van der Waals surface area contributed by atoms with Crippen molar-refractivity contribution in [1.82, 2.24) is 15.5 Å². The highest BCUT2D eigenvalue weighted by Gasteiger charge is 2.26. The summed E-state index contributed by atoms with van der Waals surface area (Å²) in [4.78, 5) is 14.2. The fourth-order valence-electron chi connectivity index (χ4n) is 3.07. The van der Waals surface area contributed by atoms with Crippen LogP contribution in [0.3, 0.4) is 0 Å². The van der Waals surface area contributed by atoms with Crippen LogP contribution in [0.4, 0.5) is 4.79 Å². The molecule has 0 aromatic heterocycles. The Labute approximate surface area is 139 Å². The fraction of sp³-hybridized carbons (Fsp3) is 0.611. The number of carbonyl (C=O) groups is 1. The first-order valence-corrected chi connectivity index (χ1v) is 8.38. The van der Waals surface area contributed by atoms with Crippen LogP contribution in [-0.4, -0.2) is 44.3 Å². The molecule has 0 unspecified atom stereocenters. The van der Waals surface area contributed by atoms with Gasteiger partial charge < -0.3 is 20.3 Å². The summed E-state index contributed by atoms with van der Waals surface area (Å²) >= 11 is 0. The molecule has 1 fully saturated rings. The second-order valence-electron chi connectivity index (χ2n) is 6.55. The van der Waals surface area contributed by atoms with Crippen LogP contribution in [0.25, 0.3) is 0 Å². The topological polar surface area (TPSA) is 53.6 Å². The van der Waals surface area contributed by atoms with E-state index in [1.165, 1.54) is 12.0 Å². The fourth-order valence-corrected chi connectivity index (χ4v) is 3.07. The lowest BCUT2D eigenvalue weighted by molar-refractivity contribution is 0.0452. The molecule has 0 bridgehead atoms. The molecule has 1 aliphatic carbocycles. The minimum atomic E-state index is -0.115. The zero-order chi connectivity index (χ0) is 16.7. The molecule has 128 valence electrons. The monoisotopic (exact) mass is 319 g/mol. The normalized spacial score (nSPS) is 21.2. The average Bonchev–Trinajstić information content (AvgIpc) is 2.54. The number of rotatable bonds is 6. The van der Waals surface area contributed by atoms with Crippen LogP contribution in [-0.2, 0) is 17.8 Å². The van der Waals surface area contributed by atoms with Crippen molar-refractivity contribution < 1.29 is 9.53 Å². The number of nitrogens with zero attached hydrogens (tertiary/aromatic N) is 1. The van der Waals surface area contributed by atoms with E-state index in [-0.39, 0.29) is 18.2 Å². The number of urea groups is 1. The molecule has 5 heteroatoms. The minimum Gasteiger partial charge on any atom is -0.379 e. The van der Waals surface area contributed by atoms with Crippen LogP contribution in [0.5, 0.6) is 0 Å². The summed E-state index contributed by atoms with van der Waals surface area (Å²) in [5.41, 5.74) is 2.38. The van der Waals surface area contributed by atoms with E-state index < -0.39 is 0 Å². The summed E-state index contributed by atoms with van der Waals surface area (Å²) < 4.78 is 5.47. The van der Waals surface area contributed by atoms with Gasteiger partial charge in [-0.2, -0.15) is 0 Å². The van der Waals surface area contributed by atoms with Gasteiger partial charge in [-0.3, -0.25) is 0 Å². The molecule has 0 radical (unpaired) electrons. The Balaban J connectivity index is 1.77. The third-order valence-electron chi connectivity index (χ3n) is 4.30. The van der Waals surface area contributed by atoms with Gasteiger partial charge in [0, 0.05) is 20.2 Å². The Morgan fingerprint density at radius 1 is 1.17 bits per heavy atom. The summed E-state index contributed by atoms with van der Waals surface area (Å²) in [6, 6.07) is 8.36. The van der Waals surface area contributed by atoms with Gasteiger partial charge in [0.15, 0.2) is 0 Å². The third kappa shape index (κ3) is 5.84. The second-order valence-corrected chi connectivity index (χ2v) is 6.55. The molecule has 0 aliphatic heterocycles. The zero-order valence-corrected chi connectivity index (χ0v) is 14.5. The molecular formula is C18H29N3O2. The molecule has 1 aliphatic rings. The third-order valence-corrected chi connectivity index (χ3v) is 4.30. The first-order chi connectivity index (χ1) is 11.1. The van der Waals surface area contributed by atoms with Crippen molar-refractivity contribution in [3.63, 3.8) is 0 Å². The van der Waals surface area contributed by atoms with Crippen LogP contribution in [0.2, 0.25) is 0 Å². The minimum absolute atomic E-state index is 0.115. The maximum Gasteiger partial charge on any atom is 0.315 e. The molecule has 2 atom stereocenters. The lowest BCUT2D eigenvalue weighted by atomic mass is 9.92. The Morgan fingerprint density at radius 3 is 2.48 bits per heavy atom. The van der Waals surface area contributed by atoms with Gasteiger partial charge in [0.25, 0.3) is 0 Å². The molecule has 0 spiro atoms. The highest BCUT2D eigenvalue weighted by atomic mass is 16.5. The van der Waals surface area contributed by atoms with Gasteiger partial charge in [-0.05, 0) is 38.1 Å². The number of hydrogen-bond acceptors (Lipinski definition) is 3. The van der Waals surface area contributed by atoms with E-state index in [0.717, 1.165) is 31.4 Å². The molecule has 23 heavy (non-hydrogen) atoms. The standard InChI is InChI=1S/C18H29N3O2/c1-21(2)13-15-10-8-14(9-11-15)12-19-18(22)20-16-6-4-5-7-17(16)23-3/h8-11,16-17H,4-7,12-13H2,1-3H3,(H2,19,20,22)/t16-,17-/m0/s1. The molecule has 5 nitrogen and oxygen atoms in total. The molecule has 0 saturated heterocycles. The lowest BCUT2D eigenvalue weighted by Gasteiger charge is -2.31. The predicted molar refractivity (Wildman–Crippen MR) is 92.3 cm³/mol. The first-order valence-electron chi connectivity index (χ1n) is 8.38. The molecule has 1 aromatic carbocycles. The van der Waals surface area contributed by atoms with E-state index in [1.807, 2.05) is 0 Å². The number of amides is 2. The van der Waals surface area contributed by atoms with Gasteiger partial charge in [-0.15, -0.1) is 0 Å². The highest BCUT2D eigenvalue weighted by molar-refractivity contribution is 5.74. The molecule has 2 N–H and O–H groups in total. The number of hydrogen-bond donors (Lipinski definition) is 2. The summed E-state index contributed by atoms with van der Waals surface area (Å²) in [6.07, 6.45) is 4.48. The molecule has 1 aromatic rings. The van der Waals surface area contributed by atoms with E-state index in [0.29, 0.717) is 6.54 Å². The number of ether oxygens (including phenoxy) is 1. The van der Waals surface area contributed by atoms with Gasteiger partial charge in [0.2, 0.25) is 0 Å². The number of methoxy groups -OCH3 is 1. The Kier molecular flexibility index (Phi) is 6.86. The summed E-state index contributed by atoms with van der Waals surface area (Å²) in [6.45, 7) is 1.47. The van der Waals surface area contributed by atoms with Gasteiger partial charge >= 0.3 is 6.03 Å².